The normalized spacial score (nSPS) is 11.9. The predicted octanol–water partition coefficient (Wildman–Crippen LogP) is 7.87. The highest BCUT2D eigenvalue weighted by atomic mass is 16.4. The standard InChI is InChI=1S/2C14H21NO/c1-4-5-6-12-7-9-13(10-8-12)14(15-16)11(2)3;1-3-5-6-7-12-8-10-13(11-9-12)14(4-2)15-16/h7-11,16H,4-6H2,1-3H3;8-11,16H,3-7H2,1-2H3. The summed E-state index contributed by atoms with van der Waals surface area (Å²) in [6.45, 7) is 10.5. The van der Waals surface area contributed by atoms with Crippen LogP contribution in [0.25, 0.3) is 0 Å². The number of benzene rings is 2. The van der Waals surface area contributed by atoms with Crippen molar-refractivity contribution in [3.8, 4) is 0 Å². The lowest BCUT2D eigenvalue weighted by Gasteiger charge is -2.08. The van der Waals surface area contributed by atoms with E-state index in [0.717, 1.165) is 41.8 Å². The third-order valence-electron chi connectivity index (χ3n) is 5.54. The molecule has 2 aromatic rings. The number of unbranched alkanes of at least 4 members (excludes halogenated alkanes) is 3. The molecule has 0 radical (unpaired) electrons. The van der Waals surface area contributed by atoms with E-state index < -0.39 is 0 Å². The molecule has 0 aliphatic rings. The lowest BCUT2D eigenvalue weighted by Crippen LogP contribution is -2.09. The van der Waals surface area contributed by atoms with E-state index in [1.807, 2.05) is 45.0 Å². The van der Waals surface area contributed by atoms with Crippen LogP contribution >= 0.6 is 0 Å². The Labute approximate surface area is 195 Å². The number of hydrogen-bond donors (Lipinski definition) is 2. The van der Waals surface area contributed by atoms with E-state index in [-0.39, 0.29) is 5.92 Å². The molecule has 32 heavy (non-hydrogen) atoms. The van der Waals surface area contributed by atoms with Crippen LogP contribution in [0.5, 0.6) is 0 Å². The Balaban J connectivity index is 0.000000320. The Kier molecular flexibility index (Phi) is 13.8. The molecule has 176 valence electrons. The SMILES string of the molecule is CCCCCc1ccc(C(CC)=NO)cc1.CCCCc1ccc(C(=NO)C(C)C)cc1. The van der Waals surface area contributed by atoms with E-state index in [4.69, 9.17) is 10.4 Å². The van der Waals surface area contributed by atoms with Crippen molar-refractivity contribution in [2.45, 2.75) is 86.0 Å². The molecule has 0 amide bonds. The zero-order chi connectivity index (χ0) is 23.8. The molecule has 4 nitrogen and oxygen atoms in total. The highest BCUT2D eigenvalue weighted by Gasteiger charge is 2.08. The van der Waals surface area contributed by atoms with Gasteiger partial charge in [-0.05, 0) is 60.3 Å². The Hall–Kier alpha value is -2.62. The molecule has 2 rings (SSSR count). The van der Waals surface area contributed by atoms with E-state index >= 15 is 0 Å². The first kappa shape index (κ1) is 27.4. The van der Waals surface area contributed by atoms with Gasteiger partial charge in [-0.3, -0.25) is 0 Å². The van der Waals surface area contributed by atoms with Gasteiger partial charge in [0.05, 0.1) is 11.4 Å². The van der Waals surface area contributed by atoms with Gasteiger partial charge >= 0.3 is 0 Å². The molecule has 0 saturated carbocycles. The molecule has 0 aliphatic carbocycles. The highest BCUT2D eigenvalue weighted by Crippen LogP contribution is 2.13. The first-order valence-corrected chi connectivity index (χ1v) is 12.1. The molecule has 0 spiro atoms. The Bertz CT molecular complexity index is 806. The van der Waals surface area contributed by atoms with E-state index in [1.165, 1.54) is 43.2 Å². The minimum Gasteiger partial charge on any atom is -0.411 e. The van der Waals surface area contributed by atoms with Gasteiger partial charge in [0.15, 0.2) is 0 Å². The van der Waals surface area contributed by atoms with Gasteiger partial charge in [-0.1, -0.05) is 113 Å². The minimum absolute atomic E-state index is 0.242. The second kappa shape index (κ2) is 16.1. The maximum absolute atomic E-state index is 8.95. The van der Waals surface area contributed by atoms with Crippen molar-refractivity contribution in [3.05, 3.63) is 70.8 Å². The van der Waals surface area contributed by atoms with Crippen molar-refractivity contribution in [2.75, 3.05) is 0 Å². The molecule has 0 aliphatic heterocycles. The van der Waals surface area contributed by atoms with Gasteiger partial charge in [-0.25, -0.2) is 0 Å². The molecule has 0 aromatic heterocycles. The molecular weight excluding hydrogens is 396 g/mol. The fourth-order valence-corrected chi connectivity index (χ4v) is 3.51. The Morgan fingerprint density at radius 3 is 1.59 bits per heavy atom. The first-order valence-electron chi connectivity index (χ1n) is 12.1. The summed E-state index contributed by atoms with van der Waals surface area (Å²) in [6, 6.07) is 16.7. The molecule has 0 heterocycles. The molecule has 0 atom stereocenters. The van der Waals surface area contributed by atoms with Crippen molar-refractivity contribution in [3.63, 3.8) is 0 Å². The zero-order valence-electron chi connectivity index (χ0n) is 20.6. The Morgan fingerprint density at radius 1 is 0.688 bits per heavy atom. The fourth-order valence-electron chi connectivity index (χ4n) is 3.51. The van der Waals surface area contributed by atoms with Gasteiger partial charge in [-0.15, -0.1) is 0 Å². The van der Waals surface area contributed by atoms with Crippen LogP contribution in [0.3, 0.4) is 0 Å². The summed E-state index contributed by atoms with van der Waals surface area (Å²) in [4.78, 5) is 0. The molecule has 2 aromatic carbocycles. The second-order valence-electron chi connectivity index (χ2n) is 8.49. The lowest BCUT2D eigenvalue weighted by molar-refractivity contribution is 0.316. The van der Waals surface area contributed by atoms with Crippen LogP contribution in [0, 0.1) is 5.92 Å². The average molecular weight is 439 g/mol. The van der Waals surface area contributed by atoms with E-state index in [0.29, 0.717) is 0 Å². The second-order valence-corrected chi connectivity index (χ2v) is 8.49. The number of nitrogens with zero attached hydrogens (tertiary/aromatic N) is 2. The van der Waals surface area contributed by atoms with Crippen LogP contribution in [0.4, 0.5) is 0 Å². The van der Waals surface area contributed by atoms with Crippen molar-refractivity contribution >= 4 is 11.4 Å². The van der Waals surface area contributed by atoms with Crippen LogP contribution in [0.2, 0.25) is 0 Å². The fraction of sp³-hybridized carbons (Fsp3) is 0.500. The van der Waals surface area contributed by atoms with Crippen LogP contribution in [-0.4, -0.2) is 21.8 Å². The summed E-state index contributed by atoms with van der Waals surface area (Å²) in [5.74, 6) is 0.242. The van der Waals surface area contributed by atoms with Crippen molar-refractivity contribution in [1.82, 2.24) is 0 Å². The monoisotopic (exact) mass is 438 g/mol. The van der Waals surface area contributed by atoms with E-state index in [1.54, 1.807) is 0 Å². The van der Waals surface area contributed by atoms with Crippen molar-refractivity contribution < 1.29 is 10.4 Å². The smallest absolute Gasteiger partial charge is 0.0893 e. The van der Waals surface area contributed by atoms with Gasteiger partial charge in [0.25, 0.3) is 0 Å². The van der Waals surface area contributed by atoms with Crippen LogP contribution in [0.15, 0.2) is 58.8 Å². The molecule has 0 bridgehead atoms. The van der Waals surface area contributed by atoms with Crippen LogP contribution in [-0.2, 0) is 12.8 Å². The number of rotatable bonds is 11. The summed E-state index contributed by atoms with van der Waals surface area (Å²) in [5.41, 5.74) is 6.25. The summed E-state index contributed by atoms with van der Waals surface area (Å²) >= 11 is 0. The third-order valence-corrected chi connectivity index (χ3v) is 5.54. The van der Waals surface area contributed by atoms with E-state index in [2.05, 4.69) is 48.4 Å². The van der Waals surface area contributed by atoms with Gasteiger partial charge in [0, 0.05) is 0 Å². The van der Waals surface area contributed by atoms with Crippen LogP contribution in [0.1, 0.15) is 95.4 Å². The molecule has 0 fully saturated rings. The van der Waals surface area contributed by atoms with Gasteiger partial charge in [0.2, 0.25) is 0 Å². The predicted molar refractivity (Wildman–Crippen MR) is 137 cm³/mol. The highest BCUT2D eigenvalue weighted by molar-refractivity contribution is 6.01. The topological polar surface area (TPSA) is 65.2 Å². The Morgan fingerprint density at radius 2 is 1.19 bits per heavy atom. The van der Waals surface area contributed by atoms with Crippen molar-refractivity contribution in [2.24, 2.45) is 16.2 Å². The zero-order valence-corrected chi connectivity index (χ0v) is 20.6. The number of aryl methyl sites for hydroxylation is 2. The third kappa shape index (κ3) is 9.67. The molecule has 4 heteroatoms. The first-order chi connectivity index (χ1) is 15.5. The maximum atomic E-state index is 8.95. The molecule has 0 unspecified atom stereocenters. The van der Waals surface area contributed by atoms with E-state index in [9.17, 15) is 0 Å². The minimum atomic E-state index is 0.242. The molecule has 0 saturated heterocycles. The quantitative estimate of drug-likeness (QED) is 0.162. The summed E-state index contributed by atoms with van der Waals surface area (Å²) in [6.07, 6.45) is 9.28. The van der Waals surface area contributed by atoms with Gasteiger partial charge in [-0.2, -0.15) is 0 Å². The van der Waals surface area contributed by atoms with Gasteiger partial charge < -0.3 is 10.4 Å². The van der Waals surface area contributed by atoms with Gasteiger partial charge in [0.1, 0.15) is 0 Å². The largest absolute Gasteiger partial charge is 0.411 e. The van der Waals surface area contributed by atoms with Crippen molar-refractivity contribution in [1.29, 1.82) is 0 Å². The summed E-state index contributed by atoms with van der Waals surface area (Å²) < 4.78 is 0. The molecule has 2 N–H and O–H groups in total. The molecular formula is C28H42N2O2. The summed E-state index contributed by atoms with van der Waals surface area (Å²) in [7, 11) is 0. The van der Waals surface area contributed by atoms with Crippen LogP contribution < -0.4 is 0 Å². The number of oxime groups is 2. The number of hydrogen-bond acceptors (Lipinski definition) is 4. The average Bonchev–Trinajstić information content (AvgIpc) is 2.81. The lowest BCUT2D eigenvalue weighted by atomic mass is 9.98. The summed E-state index contributed by atoms with van der Waals surface area (Å²) in [5, 5.41) is 24.4. The maximum Gasteiger partial charge on any atom is 0.0893 e.